The molecular formula is C16H23N3O2. The van der Waals surface area contributed by atoms with Gasteiger partial charge in [-0.2, -0.15) is 5.26 Å². The lowest BCUT2D eigenvalue weighted by atomic mass is 10.2. The van der Waals surface area contributed by atoms with Crippen molar-refractivity contribution in [1.29, 1.82) is 5.26 Å². The Labute approximate surface area is 126 Å². The lowest BCUT2D eigenvalue weighted by Crippen LogP contribution is -2.33. The molecule has 0 bridgehead atoms. The van der Waals surface area contributed by atoms with Crippen LogP contribution in [0.2, 0.25) is 0 Å². The largest absolute Gasteiger partial charge is 0.395 e. The molecule has 0 spiro atoms. The molecule has 1 rings (SSSR count). The highest BCUT2D eigenvalue weighted by molar-refractivity contribution is 5.76. The Morgan fingerprint density at radius 3 is 2.57 bits per heavy atom. The topological polar surface area (TPSA) is 67.6 Å². The minimum absolute atomic E-state index is 0.0289. The first-order chi connectivity index (χ1) is 10.2. The Balaban J connectivity index is 2.44. The van der Waals surface area contributed by atoms with Crippen molar-refractivity contribution < 1.29 is 9.90 Å². The number of benzene rings is 1. The molecule has 0 unspecified atom stereocenters. The van der Waals surface area contributed by atoms with E-state index in [-0.39, 0.29) is 12.5 Å². The van der Waals surface area contributed by atoms with Crippen LogP contribution >= 0.6 is 0 Å². The van der Waals surface area contributed by atoms with Crippen LogP contribution in [0.25, 0.3) is 0 Å². The number of rotatable bonds is 9. The van der Waals surface area contributed by atoms with Crippen molar-refractivity contribution >= 4 is 5.91 Å². The molecule has 21 heavy (non-hydrogen) atoms. The molecular weight excluding hydrogens is 266 g/mol. The van der Waals surface area contributed by atoms with E-state index in [1.165, 1.54) is 0 Å². The van der Waals surface area contributed by atoms with E-state index in [4.69, 9.17) is 10.4 Å². The second-order valence-electron chi connectivity index (χ2n) is 4.96. The van der Waals surface area contributed by atoms with Crippen LogP contribution in [-0.4, -0.2) is 54.1 Å². The average molecular weight is 289 g/mol. The number of amides is 1. The standard InChI is InChI=1S/C16H23N3O2/c1-18(10-5-9-17)16(21)8-11-19(12-13-20)14-15-6-3-2-4-7-15/h2-4,6-7,20H,5,8,10-14H2,1H3. The number of aliphatic hydroxyl groups is 1. The zero-order valence-corrected chi connectivity index (χ0v) is 12.5. The Hall–Kier alpha value is -1.90. The van der Waals surface area contributed by atoms with Gasteiger partial charge in [0.2, 0.25) is 5.91 Å². The first kappa shape index (κ1) is 17.2. The van der Waals surface area contributed by atoms with Crippen molar-refractivity contribution in [3.8, 4) is 6.07 Å². The molecule has 1 aromatic rings. The molecule has 0 aliphatic carbocycles. The molecule has 5 heteroatoms. The Kier molecular flexibility index (Phi) is 8.10. The zero-order valence-electron chi connectivity index (χ0n) is 12.5. The molecule has 0 aliphatic heterocycles. The van der Waals surface area contributed by atoms with Gasteiger partial charge in [-0.15, -0.1) is 0 Å². The smallest absolute Gasteiger partial charge is 0.223 e. The third-order valence-electron chi connectivity index (χ3n) is 3.29. The Morgan fingerprint density at radius 2 is 1.95 bits per heavy atom. The summed E-state index contributed by atoms with van der Waals surface area (Å²) in [4.78, 5) is 15.6. The van der Waals surface area contributed by atoms with Crippen molar-refractivity contribution in [2.75, 3.05) is 33.3 Å². The second-order valence-corrected chi connectivity index (χ2v) is 4.96. The Bertz CT molecular complexity index is 456. The van der Waals surface area contributed by atoms with Crippen LogP contribution in [0.4, 0.5) is 0 Å². The van der Waals surface area contributed by atoms with Crippen LogP contribution in [0.3, 0.4) is 0 Å². The summed E-state index contributed by atoms with van der Waals surface area (Å²) in [6.07, 6.45) is 0.751. The van der Waals surface area contributed by atoms with Gasteiger partial charge < -0.3 is 10.0 Å². The van der Waals surface area contributed by atoms with Gasteiger partial charge in [0.05, 0.1) is 19.1 Å². The summed E-state index contributed by atoms with van der Waals surface area (Å²) in [5.74, 6) is 0.0289. The summed E-state index contributed by atoms with van der Waals surface area (Å²) in [6, 6.07) is 12.0. The lowest BCUT2D eigenvalue weighted by Gasteiger charge is -2.23. The van der Waals surface area contributed by atoms with Crippen LogP contribution < -0.4 is 0 Å². The van der Waals surface area contributed by atoms with Gasteiger partial charge in [0, 0.05) is 39.6 Å². The number of nitrogens with zero attached hydrogens (tertiary/aromatic N) is 3. The molecule has 1 N–H and O–H groups in total. The van der Waals surface area contributed by atoms with Gasteiger partial charge in [-0.05, 0) is 5.56 Å². The first-order valence-corrected chi connectivity index (χ1v) is 7.15. The fourth-order valence-electron chi connectivity index (χ4n) is 2.04. The van der Waals surface area contributed by atoms with E-state index in [0.717, 1.165) is 12.1 Å². The van der Waals surface area contributed by atoms with E-state index < -0.39 is 0 Å². The van der Waals surface area contributed by atoms with Gasteiger partial charge in [-0.25, -0.2) is 0 Å². The van der Waals surface area contributed by atoms with Crippen molar-refractivity contribution in [2.45, 2.75) is 19.4 Å². The quantitative estimate of drug-likeness (QED) is 0.743. The van der Waals surface area contributed by atoms with E-state index >= 15 is 0 Å². The third-order valence-corrected chi connectivity index (χ3v) is 3.29. The van der Waals surface area contributed by atoms with Crippen molar-refractivity contribution in [1.82, 2.24) is 9.80 Å². The summed E-state index contributed by atoms with van der Waals surface area (Å²) >= 11 is 0. The summed E-state index contributed by atoms with van der Waals surface area (Å²) < 4.78 is 0. The lowest BCUT2D eigenvalue weighted by molar-refractivity contribution is -0.130. The van der Waals surface area contributed by atoms with E-state index in [2.05, 4.69) is 4.90 Å². The number of nitriles is 1. The number of hydrogen-bond donors (Lipinski definition) is 1. The molecule has 0 saturated carbocycles. The van der Waals surface area contributed by atoms with Crippen LogP contribution in [0.1, 0.15) is 18.4 Å². The first-order valence-electron chi connectivity index (χ1n) is 7.15. The van der Waals surface area contributed by atoms with E-state index in [1.54, 1.807) is 11.9 Å². The minimum atomic E-state index is 0.0289. The molecule has 5 nitrogen and oxygen atoms in total. The summed E-state index contributed by atoms with van der Waals surface area (Å²) in [6.45, 7) is 2.41. The predicted octanol–water partition coefficient (Wildman–Crippen LogP) is 1.24. The molecule has 1 aromatic carbocycles. The fraction of sp³-hybridized carbons (Fsp3) is 0.500. The maximum Gasteiger partial charge on any atom is 0.223 e. The summed E-state index contributed by atoms with van der Waals surface area (Å²) in [5.41, 5.74) is 1.16. The molecule has 0 aromatic heterocycles. The highest BCUT2D eigenvalue weighted by Crippen LogP contribution is 2.05. The molecule has 1 amide bonds. The zero-order chi connectivity index (χ0) is 15.5. The van der Waals surface area contributed by atoms with Gasteiger partial charge in [-0.3, -0.25) is 9.69 Å². The van der Waals surface area contributed by atoms with Crippen LogP contribution in [0, 0.1) is 11.3 Å². The van der Waals surface area contributed by atoms with Crippen molar-refractivity contribution in [2.24, 2.45) is 0 Å². The average Bonchev–Trinajstić information content (AvgIpc) is 2.51. The summed E-state index contributed by atoms with van der Waals surface area (Å²) in [5, 5.41) is 17.7. The Morgan fingerprint density at radius 1 is 1.24 bits per heavy atom. The number of aliphatic hydroxyl groups excluding tert-OH is 1. The second kappa shape index (κ2) is 9.92. The number of carbonyl (C=O) groups excluding carboxylic acids is 1. The molecule has 0 atom stereocenters. The number of hydrogen-bond acceptors (Lipinski definition) is 4. The maximum absolute atomic E-state index is 11.9. The maximum atomic E-state index is 11.9. The molecule has 0 fully saturated rings. The van der Waals surface area contributed by atoms with Gasteiger partial charge in [-0.1, -0.05) is 30.3 Å². The molecule has 0 heterocycles. The predicted molar refractivity (Wildman–Crippen MR) is 81.3 cm³/mol. The van der Waals surface area contributed by atoms with E-state index in [0.29, 0.717) is 32.5 Å². The van der Waals surface area contributed by atoms with Gasteiger partial charge in [0.1, 0.15) is 0 Å². The normalized spacial score (nSPS) is 10.4. The third kappa shape index (κ3) is 6.89. The van der Waals surface area contributed by atoms with Crippen molar-refractivity contribution in [3.05, 3.63) is 35.9 Å². The molecule has 114 valence electrons. The molecule has 0 radical (unpaired) electrons. The molecule has 0 saturated heterocycles. The van der Waals surface area contributed by atoms with Gasteiger partial charge in [0.15, 0.2) is 0 Å². The number of carbonyl (C=O) groups is 1. The fourth-order valence-corrected chi connectivity index (χ4v) is 2.04. The SMILES string of the molecule is CN(CCC#N)C(=O)CCN(CCO)Cc1ccccc1. The van der Waals surface area contributed by atoms with Crippen LogP contribution in [0.5, 0.6) is 0 Å². The minimum Gasteiger partial charge on any atom is -0.395 e. The van der Waals surface area contributed by atoms with E-state index in [9.17, 15) is 4.79 Å². The van der Waals surface area contributed by atoms with Gasteiger partial charge in [0.25, 0.3) is 0 Å². The van der Waals surface area contributed by atoms with E-state index in [1.807, 2.05) is 36.4 Å². The van der Waals surface area contributed by atoms with Crippen molar-refractivity contribution in [3.63, 3.8) is 0 Å². The summed E-state index contributed by atoms with van der Waals surface area (Å²) in [7, 11) is 1.72. The molecule has 0 aliphatic rings. The monoisotopic (exact) mass is 289 g/mol. The highest BCUT2D eigenvalue weighted by Gasteiger charge is 2.12. The van der Waals surface area contributed by atoms with Crippen LogP contribution in [0.15, 0.2) is 30.3 Å². The van der Waals surface area contributed by atoms with Crippen LogP contribution in [-0.2, 0) is 11.3 Å². The highest BCUT2D eigenvalue weighted by atomic mass is 16.3. The van der Waals surface area contributed by atoms with Gasteiger partial charge >= 0.3 is 0 Å².